The molecule has 3 aromatic heterocycles. The molecule has 0 unspecified atom stereocenters. The summed E-state index contributed by atoms with van der Waals surface area (Å²) >= 11 is 0. The zero-order valence-electron chi connectivity index (χ0n) is 28.5. The lowest BCUT2D eigenvalue weighted by Gasteiger charge is -2.22. The topological polar surface area (TPSA) is 165 Å². The number of fused-ring (bicyclic) bond motifs is 1. The molecule has 6 N–H and O–H groups in total. The number of carbonyl (C=O) groups excluding carboxylic acids is 1. The average molecular weight is 713 g/mol. The van der Waals surface area contributed by atoms with E-state index in [0.29, 0.717) is 61.1 Å². The van der Waals surface area contributed by atoms with Gasteiger partial charge in [-0.05, 0) is 49.1 Å². The first-order valence-corrected chi connectivity index (χ1v) is 17.4. The number of aliphatic hydroxyl groups is 2. The number of rotatable bonds is 12. The number of urea groups is 1. The van der Waals surface area contributed by atoms with Crippen molar-refractivity contribution in [2.45, 2.75) is 62.4 Å². The van der Waals surface area contributed by atoms with Crippen molar-refractivity contribution >= 4 is 47.1 Å². The van der Waals surface area contributed by atoms with Gasteiger partial charge in [-0.25, -0.2) is 9.78 Å². The van der Waals surface area contributed by atoms with E-state index in [4.69, 9.17) is 15.0 Å². The normalized spacial score (nSPS) is 21.5. The van der Waals surface area contributed by atoms with Crippen molar-refractivity contribution < 1.29 is 15.0 Å². The average Bonchev–Trinajstić information content (AvgIpc) is 3.86. The third-order valence-corrected chi connectivity index (χ3v) is 9.68. The number of nitrogens with one attached hydrogen (secondary N) is 4. The van der Waals surface area contributed by atoms with Gasteiger partial charge in [0.1, 0.15) is 6.10 Å². The van der Waals surface area contributed by atoms with E-state index in [-0.39, 0.29) is 36.4 Å². The minimum Gasteiger partial charge on any atom is -0.389 e. The lowest BCUT2D eigenvalue weighted by molar-refractivity contribution is 0.0143. The summed E-state index contributed by atoms with van der Waals surface area (Å²) in [4.78, 5) is 33.7. The number of nitrogens with zero attached hydrogens (tertiary/aromatic N) is 6. The van der Waals surface area contributed by atoms with Crippen molar-refractivity contribution in [1.29, 1.82) is 0 Å². The second kappa shape index (κ2) is 16.5. The van der Waals surface area contributed by atoms with E-state index in [0.717, 1.165) is 13.0 Å². The molecule has 1 saturated heterocycles. The van der Waals surface area contributed by atoms with E-state index in [9.17, 15) is 15.0 Å². The lowest BCUT2D eigenvalue weighted by Crippen LogP contribution is -2.40. The molecule has 0 spiro atoms. The highest BCUT2D eigenvalue weighted by Gasteiger charge is 2.43. The molecule has 51 heavy (non-hydrogen) atoms. The number of imidazole rings is 1. The van der Waals surface area contributed by atoms with Crippen LogP contribution in [-0.2, 0) is 0 Å². The number of pyridine rings is 1. The van der Waals surface area contributed by atoms with Gasteiger partial charge in [0.15, 0.2) is 17.0 Å². The maximum Gasteiger partial charge on any atom is 0.319 e. The molecule has 5 atom stereocenters. The van der Waals surface area contributed by atoms with Gasteiger partial charge in [-0.2, -0.15) is 9.97 Å². The van der Waals surface area contributed by atoms with Crippen LogP contribution in [0, 0.1) is 0 Å². The number of carbonyl (C=O) groups is 1. The minimum atomic E-state index is -0.990. The molecule has 14 heteroatoms. The Morgan fingerprint density at radius 3 is 2.41 bits per heavy atom. The lowest BCUT2D eigenvalue weighted by atomic mass is 9.91. The van der Waals surface area contributed by atoms with Crippen molar-refractivity contribution in [3.05, 3.63) is 103 Å². The number of benzene rings is 2. The standard InChI is InChI=1S/C37H44N10O3.ClH/c1-2-16-39-29-19-30(33(49)32(29)48)47-23-41-31-34(40-21-28(24-10-5-3-6-11-24)25-12-7-4-8-13-25)44-36(45-35(31)47)46-18-15-27(22-46)43-37(50)42-26-14-9-17-38-20-26;/h3-14,17,20,23,27-30,32-33,39,48-49H,2,15-16,18-19,21-22H2,1H3,(H,40,44,45)(H2,42,43,50);1H/t27-,29+,30-,32-,33+;/m1./s1. The Bertz CT molecular complexity index is 1830. The Balaban J connectivity index is 0.00000448. The summed E-state index contributed by atoms with van der Waals surface area (Å²) in [6, 6.07) is 23.2. The second-order valence-corrected chi connectivity index (χ2v) is 13.1. The first kappa shape index (κ1) is 36.0. The predicted molar refractivity (Wildman–Crippen MR) is 201 cm³/mol. The summed E-state index contributed by atoms with van der Waals surface area (Å²) in [5.74, 6) is 1.13. The van der Waals surface area contributed by atoms with Gasteiger partial charge >= 0.3 is 6.03 Å². The predicted octanol–water partition coefficient (Wildman–Crippen LogP) is 4.32. The molecule has 5 aromatic rings. The number of aliphatic hydroxyl groups excluding tert-OH is 2. The largest absolute Gasteiger partial charge is 0.389 e. The zero-order chi connectivity index (χ0) is 34.5. The summed E-state index contributed by atoms with van der Waals surface area (Å²) in [7, 11) is 0. The number of aromatic nitrogens is 5. The van der Waals surface area contributed by atoms with Gasteiger partial charge in [-0.3, -0.25) is 4.98 Å². The van der Waals surface area contributed by atoms with E-state index < -0.39 is 18.2 Å². The molecule has 4 heterocycles. The smallest absolute Gasteiger partial charge is 0.319 e. The summed E-state index contributed by atoms with van der Waals surface area (Å²) in [5, 5.41) is 35.0. The van der Waals surface area contributed by atoms with E-state index >= 15 is 0 Å². The van der Waals surface area contributed by atoms with Crippen LogP contribution in [0.25, 0.3) is 11.2 Å². The fourth-order valence-electron chi connectivity index (χ4n) is 7.08. The van der Waals surface area contributed by atoms with Crippen molar-refractivity contribution in [2.75, 3.05) is 41.7 Å². The summed E-state index contributed by atoms with van der Waals surface area (Å²) < 4.78 is 1.88. The van der Waals surface area contributed by atoms with E-state index in [1.807, 2.05) is 41.0 Å². The third-order valence-electron chi connectivity index (χ3n) is 9.68. The van der Waals surface area contributed by atoms with Gasteiger partial charge in [0.2, 0.25) is 5.95 Å². The zero-order valence-corrected chi connectivity index (χ0v) is 29.3. The van der Waals surface area contributed by atoms with Gasteiger partial charge in [0.25, 0.3) is 0 Å². The van der Waals surface area contributed by atoms with Gasteiger partial charge in [0, 0.05) is 43.8 Å². The molecule has 0 bridgehead atoms. The maximum atomic E-state index is 12.8. The number of hydrogen-bond acceptors (Lipinski definition) is 10. The van der Waals surface area contributed by atoms with Crippen LogP contribution in [0.5, 0.6) is 0 Å². The Morgan fingerprint density at radius 1 is 0.980 bits per heavy atom. The minimum absolute atomic E-state index is 0. The molecule has 0 radical (unpaired) electrons. The fourth-order valence-corrected chi connectivity index (χ4v) is 7.08. The first-order chi connectivity index (χ1) is 24.5. The Labute approximate surface area is 303 Å². The van der Waals surface area contributed by atoms with Crippen LogP contribution in [-0.4, -0.2) is 91.2 Å². The number of anilines is 3. The number of hydrogen-bond donors (Lipinski definition) is 6. The molecule has 1 saturated carbocycles. The quantitative estimate of drug-likeness (QED) is 0.110. The molecular formula is C37H45ClN10O3. The van der Waals surface area contributed by atoms with E-state index in [1.54, 1.807) is 30.9 Å². The molecule has 2 amide bonds. The van der Waals surface area contributed by atoms with Crippen LogP contribution in [0.15, 0.2) is 91.5 Å². The molecule has 2 aliphatic rings. The molecular weight excluding hydrogens is 668 g/mol. The molecule has 2 fully saturated rings. The molecule has 268 valence electrons. The third kappa shape index (κ3) is 8.07. The number of amides is 2. The SMILES string of the molecule is CCCN[C@H]1C[C@@H](n2cnc3c(NCC(c4ccccc4)c4ccccc4)nc(N4CC[C@@H](NC(=O)Nc5cccnc5)C4)nc32)[C@H](O)[C@@H]1O.Cl. The molecule has 7 rings (SSSR count). The van der Waals surface area contributed by atoms with Crippen molar-refractivity contribution in [3.63, 3.8) is 0 Å². The fraction of sp³-hybridized carbons (Fsp3) is 0.378. The highest BCUT2D eigenvalue weighted by atomic mass is 35.5. The van der Waals surface area contributed by atoms with E-state index in [1.165, 1.54) is 11.1 Å². The Kier molecular flexibility index (Phi) is 11.6. The monoisotopic (exact) mass is 712 g/mol. The van der Waals surface area contributed by atoms with Gasteiger partial charge < -0.3 is 40.9 Å². The van der Waals surface area contributed by atoms with Crippen LogP contribution in [0.1, 0.15) is 49.3 Å². The van der Waals surface area contributed by atoms with Crippen LogP contribution in [0.2, 0.25) is 0 Å². The van der Waals surface area contributed by atoms with Crippen molar-refractivity contribution in [2.24, 2.45) is 0 Å². The summed E-state index contributed by atoms with van der Waals surface area (Å²) in [6.07, 6.45) is 5.22. The Morgan fingerprint density at radius 2 is 1.73 bits per heavy atom. The summed E-state index contributed by atoms with van der Waals surface area (Å²) in [5.41, 5.74) is 4.13. The highest BCUT2D eigenvalue weighted by molar-refractivity contribution is 5.89. The van der Waals surface area contributed by atoms with Gasteiger partial charge in [0.05, 0.1) is 30.4 Å². The molecule has 1 aliphatic carbocycles. The van der Waals surface area contributed by atoms with E-state index in [2.05, 4.69) is 62.3 Å². The van der Waals surface area contributed by atoms with Crippen LogP contribution >= 0.6 is 12.4 Å². The van der Waals surface area contributed by atoms with Crippen LogP contribution in [0.3, 0.4) is 0 Å². The highest BCUT2D eigenvalue weighted by Crippen LogP contribution is 2.35. The van der Waals surface area contributed by atoms with Crippen LogP contribution in [0.4, 0.5) is 22.2 Å². The molecule has 13 nitrogen and oxygen atoms in total. The molecule has 1 aliphatic heterocycles. The Hall–Kier alpha value is -4.82. The van der Waals surface area contributed by atoms with Crippen molar-refractivity contribution in [3.8, 4) is 0 Å². The first-order valence-electron chi connectivity index (χ1n) is 17.4. The maximum absolute atomic E-state index is 12.8. The second-order valence-electron chi connectivity index (χ2n) is 13.1. The van der Waals surface area contributed by atoms with Crippen LogP contribution < -0.4 is 26.2 Å². The van der Waals surface area contributed by atoms with Crippen molar-refractivity contribution in [1.82, 2.24) is 35.1 Å². The molecule has 2 aromatic carbocycles. The number of halogens is 1. The van der Waals surface area contributed by atoms with Gasteiger partial charge in [-0.1, -0.05) is 67.6 Å². The van der Waals surface area contributed by atoms with Gasteiger partial charge in [-0.15, -0.1) is 12.4 Å². The summed E-state index contributed by atoms with van der Waals surface area (Å²) in [6.45, 7) is 4.54.